The van der Waals surface area contributed by atoms with Gasteiger partial charge in [-0.1, -0.05) is 0 Å². The highest BCUT2D eigenvalue weighted by atomic mass is 35.5. The summed E-state index contributed by atoms with van der Waals surface area (Å²) in [4.78, 5) is 11.7. The van der Waals surface area contributed by atoms with E-state index in [1.807, 2.05) is 0 Å². The Bertz CT molecular complexity index is 219. The van der Waals surface area contributed by atoms with Crippen molar-refractivity contribution in [1.29, 1.82) is 0 Å². The predicted molar refractivity (Wildman–Crippen MR) is 55.4 cm³/mol. The van der Waals surface area contributed by atoms with Crippen molar-refractivity contribution in [3.63, 3.8) is 0 Å². The molecule has 5 heteroatoms. The second-order valence-electron chi connectivity index (χ2n) is 4.00. The summed E-state index contributed by atoms with van der Waals surface area (Å²) in [6.45, 7) is 2.20. The summed E-state index contributed by atoms with van der Waals surface area (Å²) >= 11 is 0. The predicted octanol–water partition coefficient (Wildman–Crippen LogP) is -0.341. The Morgan fingerprint density at radius 1 is 1.43 bits per heavy atom. The number of piperidine rings is 2. The summed E-state index contributed by atoms with van der Waals surface area (Å²) in [5.74, 6) is 0.0263. The molecule has 0 bridgehead atoms. The zero-order valence-corrected chi connectivity index (χ0v) is 8.90. The Balaban J connectivity index is 0.000000980. The largest absolute Gasteiger partial charge is 0.392 e. The molecule has 3 N–H and O–H groups in total. The molecule has 0 aromatic rings. The van der Waals surface area contributed by atoms with Crippen LogP contribution in [0, 0.1) is 5.41 Å². The fraction of sp³-hybridized carbons (Fsp3) is 0.889. The van der Waals surface area contributed by atoms with Gasteiger partial charge in [-0.2, -0.15) is 0 Å². The van der Waals surface area contributed by atoms with Gasteiger partial charge in [-0.15, -0.1) is 12.4 Å². The maximum absolute atomic E-state index is 11.7. The second-order valence-corrected chi connectivity index (χ2v) is 4.00. The molecule has 2 rings (SSSR count). The molecule has 1 amide bonds. The molecule has 2 aliphatic rings. The summed E-state index contributed by atoms with van der Waals surface area (Å²) in [5, 5.41) is 15.9. The van der Waals surface area contributed by atoms with E-state index in [0.717, 1.165) is 25.9 Å². The Labute approximate surface area is 89.9 Å². The molecule has 1 spiro atoms. The number of rotatable bonds is 0. The number of amides is 1. The van der Waals surface area contributed by atoms with E-state index in [2.05, 4.69) is 10.6 Å². The third kappa shape index (κ3) is 1.74. The number of carbonyl (C=O) groups is 1. The van der Waals surface area contributed by atoms with Gasteiger partial charge in [0.2, 0.25) is 5.91 Å². The minimum atomic E-state index is -0.531. The first-order valence-electron chi connectivity index (χ1n) is 4.93. The molecule has 0 aromatic carbocycles. The minimum absolute atomic E-state index is 0. The summed E-state index contributed by atoms with van der Waals surface area (Å²) in [7, 11) is 0. The van der Waals surface area contributed by atoms with Crippen molar-refractivity contribution in [1.82, 2.24) is 10.6 Å². The van der Waals surface area contributed by atoms with E-state index in [-0.39, 0.29) is 18.3 Å². The molecule has 2 saturated heterocycles. The highest BCUT2D eigenvalue weighted by Gasteiger charge is 2.47. The van der Waals surface area contributed by atoms with Gasteiger partial charge in [-0.25, -0.2) is 0 Å². The van der Waals surface area contributed by atoms with Crippen LogP contribution in [0.1, 0.15) is 19.3 Å². The standard InChI is InChI=1S/C9H16N2O2.ClH/c12-7-2-5-10-6-9(7)3-1-4-11-8(9)13;/h7,10,12H,1-6H2,(H,11,13);1H/t7-,9-;/m1./s1. The van der Waals surface area contributed by atoms with E-state index in [1.54, 1.807) is 0 Å². The smallest absolute Gasteiger partial charge is 0.230 e. The number of carbonyl (C=O) groups excluding carboxylic acids is 1. The van der Waals surface area contributed by atoms with Gasteiger partial charge >= 0.3 is 0 Å². The highest BCUT2D eigenvalue weighted by molar-refractivity contribution is 5.85. The van der Waals surface area contributed by atoms with Gasteiger partial charge in [0.05, 0.1) is 11.5 Å². The monoisotopic (exact) mass is 220 g/mol. The lowest BCUT2D eigenvalue weighted by Gasteiger charge is -2.42. The van der Waals surface area contributed by atoms with E-state index >= 15 is 0 Å². The van der Waals surface area contributed by atoms with Crippen LogP contribution in [0.2, 0.25) is 0 Å². The van der Waals surface area contributed by atoms with Crippen LogP contribution < -0.4 is 10.6 Å². The molecular formula is C9H17ClN2O2. The van der Waals surface area contributed by atoms with Crippen molar-refractivity contribution in [2.24, 2.45) is 5.41 Å². The van der Waals surface area contributed by atoms with Gasteiger partial charge in [0, 0.05) is 13.1 Å². The molecule has 14 heavy (non-hydrogen) atoms. The first kappa shape index (κ1) is 11.8. The zero-order valence-electron chi connectivity index (χ0n) is 8.08. The average molecular weight is 221 g/mol. The number of halogens is 1. The van der Waals surface area contributed by atoms with Crippen LogP contribution in [-0.2, 0) is 4.79 Å². The first-order chi connectivity index (χ1) is 6.26. The normalized spacial score (nSPS) is 37.5. The minimum Gasteiger partial charge on any atom is -0.392 e. The summed E-state index contributed by atoms with van der Waals surface area (Å²) < 4.78 is 0. The summed E-state index contributed by atoms with van der Waals surface area (Å²) in [5.41, 5.74) is -0.531. The molecule has 2 atom stereocenters. The number of hydrogen-bond donors (Lipinski definition) is 3. The molecular weight excluding hydrogens is 204 g/mol. The van der Waals surface area contributed by atoms with Gasteiger partial charge < -0.3 is 15.7 Å². The fourth-order valence-corrected chi connectivity index (χ4v) is 2.33. The third-order valence-corrected chi connectivity index (χ3v) is 3.21. The van der Waals surface area contributed by atoms with Crippen molar-refractivity contribution in [2.75, 3.05) is 19.6 Å². The van der Waals surface area contributed by atoms with E-state index in [9.17, 15) is 9.90 Å². The number of hydrogen-bond acceptors (Lipinski definition) is 3. The van der Waals surface area contributed by atoms with Gasteiger partial charge in [-0.3, -0.25) is 4.79 Å². The van der Waals surface area contributed by atoms with Crippen LogP contribution in [0.25, 0.3) is 0 Å². The topological polar surface area (TPSA) is 61.4 Å². The van der Waals surface area contributed by atoms with Gasteiger partial charge in [0.25, 0.3) is 0 Å². The van der Waals surface area contributed by atoms with E-state index in [1.165, 1.54) is 0 Å². The van der Waals surface area contributed by atoms with Crippen LogP contribution in [0.5, 0.6) is 0 Å². The molecule has 2 heterocycles. The van der Waals surface area contributed by atoms with Crippen molar-refractivity contribution >= 4 is 18.3 Å². The molecule has 82 valence electrons. The molecule has 0 aromatic heterocycles. The van der Waals surface area contributed by atoms with Crippen molar-refractivity contribution < 1.29 is 9.90 Å². The fourth-order valence-electron chi connectivity index (χ4n) is 2.33. The van der Waals surface area contributed by atoms with E-state index < -0.39 is 11.5 Å². The number of aliphatic hydroxyl groups excluding tert-OH is 1. The van der Waals surface area contributed by atoms with Crippen molar-refractivity contribution in [3.05, 3.63) is 0 Å². The lowest BCUT2D eigenvalue weighted by molar-refractivity contribution is -0.143. The first-order valence-corrected chi connectivity index (χ1v) is 4.93. The van der Waals surface area contributed by atoms with Crippen molar-refractivity contribution in [3.8, 4) is 0 Å². The average Bonchev–Trinajstić information content (AvgIpc) is 2.15. The molecule has 0 unspecified atom stereocenters. The van der Waals surface area contributed by atoms with E-state index in [0.29, 0.717) is 13.0 Å². The quantitative estimate of drug-likeness (QED) is 0.524. The molecule has 0 radical (unpaired) electrons. The Kier molecular flexibility index (Phi) is 3.75. The lowest BCUT2D eigenvalue weighted by Crippen LogP contribution is -2.60. The van der Waals surface area contributed by atoms with Crippen LogP contribution in [-0.4, -0.2) is 36.8 Å². The Morgan fingerprint density at radius 2 is 2.21 bits per heavy atom. The summed E-state index contributed by atoms with van der Waals surface area (Å²) in [6.07, 6.45) is 2.01. The molecule has 0 saturated carbocycles. The van der Waals surface area contributed by atoms with Crippen molar-refractivity contribution in [2.45, 2.75) is 25.4 Å². The third-order valence-electron chi connectivity index (χ3n) is 3.21. The lowest BCUT2D eigenvalue weighted by atomic mass is 9.72. The second kappa shape index (κ2) is 4.47. The number of nitrogens with one attached hydrogen (secondary N) is 2. The van der Waals surface area contributed by atoms with Gasteiger partial charge in [-0.05, 0) is 25.8 Å². The molecule has 4 nitrogen and oxygen atoms in total. The van der Waals surface area contributed by atoms with Crippen LogP contribution in [0.4, 0.5) is 0 Å². The Hall–Kier alpha value is -0.320. The number of aliphatic hydroxyl groups is 1. The molecule has 2 aliphatic heterocycles. The van der Waals surface area contributed by atoms with Gasteiger partial charge in [0.15, 0.2) is 0 Å². The van der Waals surface area contributed by atoms with Crippen LogP contribution >= 0.6 is 12.4 Å². The van der Waals surface area contributed by atoms with Gasteiger partial charge in [0.1, 0.15) is 0 Å². The summed E-state index contributed by atoms with van der Waals surface area (Å²) in [6, 6.07) is 0. The van der Waals surface area contributed by atoms with E-state index in [4.69, 9.17) is 0 Å². The maximum atomic E-state index is 11.7. The van der Waals surface area contributed by atoms with Crippen LogP contribution in [0.3, 0.4) is 0 Å². The highest BCUT2D eigenvalue weighted by Crippen LogP contribution is 2.34. The maximum Gasteiger partial charge on any atom is 0.230 e. The van der Waals surface area contributed by atoms with Crippen LogP contribution in [0.15, 0.2) is 0 Å². The molecule has 2 fully saturated rings. The molecule has 0 aliphatic carbocycles. The Morgan fingerprint density at radius 3 is 2.86 bits per heavy atom. The SMILES string of the molecule is Cl.O=C1NCCC[C@]12CNCC[C@H]2O. The zero-order chi connectivity index (χ0) is 9.31.